The molecule has 0 saturated heterocycles. The zero-order valence-electron chi connectivity index (χ0n) is 12.0. The van der Waals surface area contributed by atoms with Gasteiger partial charge in [-0.05, 0) is 31.4 Å². The van der Waals surface area contributed by atoms with Crippen LogP contribution in [0.25, 0.3) is 11.3 Å². The summed E-state index contributed by atoms with van der Waals surface area (Å²) in [5.41, 5.74) is 2.47. The Morgan fingerprint density at radius 1 is 1.32 bits per heavy atom. The third-order valence-electron chi connectivity index (χ3n) is 3.28. The van der Waals surface area contributed by atoms with Crippen LogP contribution in [0.5, 0.6) is 0 Å². The molecule has 0 atom stereocenters. The standard InChI is InChI=1S/C14H14N2O3S3/c1-9-10(2)16-19-14(9)11-6-13(21-8-11)22(17,18)15-7-12-4-3-5-20-12/h3-6,8,15H,7H2,1-2H3. The van der Waals surface area contributed by atoms with Crippen LogP contribution in [-0.4, -0.2) is 13.6 Å². The molecule has 1 N–H and O–H groups in total. The highest BCUT2D eigenvalue weighted by atomic mass is 32.2. The number of rotatable bonds is 5. The summed E-state index contributed by atoms with van der Waals surface area (Å²) in [5.74, 6) is 0.619. The lowest BCUT2D eigenvalue weighted by molar-refractivity contribution is 0.427. The summed E-state index contributed by atoms with van der Waals surface area (Å²) in [6, 6.07) is 5.41. The van der Waals surface area contributed by atoms with Crippen LogP contribution < -0.4 is 4.72 Å². The van der Waals surface area contributed by atoms with Crippen molar-refractivity contribution in [3.8, 4) is 11.3 Å². The average Bonchev–Trinajstić information content (AvgIpc) is 3.20. The lowest BCUT2D eigenvalue weighted by Crippen LogP contribution is -2.21. The number of aromatic nitrogens is 1. The van der Waals surface area contributed by atoms with Crippen LogP contribution in [0.1, 0.15) is 16.1 Å². The van der Waals surface area contributed by atoms with E-state index in [1.807, 2.05) is 31.4 Å². The maximum Gasteiger partial charge on any atom is 0.250 e. The van der Waals surface area contributed by atoms with Gasteiger partial charge >= 0.3 is 0 Å². The SMILES string of the molecule is Cc1noc(-c2csc(S(=O)(=O)NCc3cccs3)c2)c1C. The number of hydrogen-bond acceptors (Lipinski definition) is 6. The Balaban J connectivity index is 1.82. The summed E-state index contributed by atoms with van der Waals surface area (Å²) in [5, 5.41) is 7.59. The Labute approximate surface area is 136 Å². The van der Waals surface area contributed by atoms with Crippen molar-refractivity contribution < 1.29 is 12.9 Å². The first-order valence-corrected chi connectivity index (χ1v) is 9.75. The minimum absolute atomic E-state index is 0.271. The van der Waals surface area contributed by atoms with Gasteiger partial charge in [0, 0.05) is 27.9 Å². The third-order valence-corrected chi connectivity index (χ3v) is 6.99. The molecule has 3 rings (SSSR count). The molecule has 0 spiro atoms. The predicted octanol–water partition coefficient (Wildman–Crippen LogP) is 3.56. The van der Waals surface area contributed by atoms with Gasteiger partial charge in [-0.3, -0.25) is 0 Å². The van der Waals surface area contributed by atoms with Crippen molar-refractivity contribution in [2.75, 3.05) is 0 Å². The fourth-order valence-electron chi connectivity index (χ4n) is 1.91. The van der Waals surface area contributed by atoms with Crippen LogP contribution in [0, 0.1) is 13.8 Å². The van der Waals surface area contributed by atoms with Crippen molar-refractivity contribution in [2.24, 2.45) is 0 Å². The van der Waals surface area contributed by atoms with Crippen LogP contribution in [0.4, 0.5) is 0 Å². The topological polar surface area (TPSA) is 72.2 Å². The summed E-state index contributed by atoms with van der Waals surface area (Å²) in [6.45, 7) is 4.06. The van der Waals surface area contributed by atoms with Gasteiger partial charge in [0.15, 0.2) is 5.76 Å². The minimum atomic E-state index is -3.52. The molecule has 0 amide bonds. The number of thiophene rings is 2. The quantitative estimate of drug-likeness (QED) is 0.760. The second-order valence-electron chi connectivity index (χ2n) is 4.78. The van der Waals surface area contributed by atoms with Gasteiger partial charge in [0.25, 0.3) is 0 Å². The Morgan fingerprint density at radius 3 is 2.77 bits per heavy atom. The van der Waals surface area contributed by atoms with Crippen LogP contribution in [0.15, 0.2) is 37.7 Å². The van der Waals surface area contributed by atoms with E-state index >= 15 is 0 Å². The molecular weight excluding hydrogens is 340 g/mol. The van der Waals surface area contributed by atoms with E-state index in [1.54, 1.807) is 11.4 Å². The number of aryl methyl sites for hydroxylation is 1. The Kier molecular flexibility index (Phi) is 4.18. The van der Waals surface area contributed by atoms with Crippen LogP contribution in [-0.2, 0) is 16.6 Å². The van der Waals surface area contributed by atoms with Gasteiger partial charge in [0.1, 0.15) is 4.21 Å². The highest BCUT2D eigenvalue weighted by molar-refractivity contribution is 7.91. The van der Waals surface area contributed by atoms with E-state index in [2.05, 4.69) is 9.88 Å². The van der Waals surface area contributed by atoms with E-state index in [0.717, 1.165) is 21.7 Å². The molecule has 0 bridgehead atoms. The summed E-state index contributed by atoms with van der Waals surface area (Å²) < 4.78 is 32.8. The van der Waals surface area contributed by atoms with Crippen molar-refractivity contribution in [2.45, 2.75) is 24.6 Å². The fourth-order valence-corrected chi connectivity index (χ4v) is 4.86. The number of nitrogens with one attached hydrogen (secondary N) is 1. The molecule has 8 heteroatoms. The summed E-state index contributed by atoms with van der Waals surface area (Å²) in [6.07, 6.45) is 0. The number of nitrogens with zero attached hydrogens (tertiary/aromatic N) is 1. The average molecular weight is 354 g/mol. The van der Waals surface area contributed by atoms with Gasteiger partial charge in [-0.25, -0.2) is 13.1 Å². The van der Waals surface area contributed by atoms with Gasteiger partial charge < -0.3 is 4.52 Å². The second kappa shape index (κ2) is 5.96. The van der Waals surface area contributed by atoms with E-state index < -0.39 is 10.0 Å². The third kappa shape index (κ3) is 3.00. The van der Waals surface area contributed by atoms with Crippen LogP contribution in [0.2, 0.25) is 0 Å². The van der Waals surface area contributed by atoms with E-state index in [0.29, 0.717) is 12.3 Å². The Bertz CT molecular complexity index is 876. The molecule has 116 valence electrons. The molecule has 0 aromatic carbocycles. The predicted molar refractivity (Wildman–Crippen MR) is 87.6 cm³/mol. The highest BCUT2D eigenvalue weighted by Crippen LogP contribution is 2.31. The highest BCUT2D eigenvalue weighted by Gasteiger charge is 2.20. The maximum atomic E-state index is 12.3. The van der Waals surface area contributed by atoms with Crippen molar-refractivity contribution in [3.05, 3.63) is 45.1 Å². The molecule has 0 aliphatic heterocycles. The van der Waals surface area contributed by atoms with Gasteiger partial charge in [0.2, 0.25) is 10.0 Å². The van der Waals surface area contributed by atoms with Gasteiger partial charge in [0.05, 0.1) is 5.69 Å². The normalized spacial score (nSPS) is 11.9. The molecule has 0 saturated carbocycles. The van der Waals surface area contributed by atoms with Crippen LogP contribution >= 0.6 is 22.7 Å². The first kappa shape index (κ1) is 15.4. The molecule has 22 heavy (non-hydrogen) atoms. The van der Waals surface area contributed by atoms with Crippen molar-refractivity contribution in [1.82, 2.24) is 9.88 Å². The summed E-state index contributed by atoms with van der Waals surface area (Å²) in [7, 11) is -3.52. The zero-order valence-corrected chi connectivity index (χ0v) is 14.4. The molecule has 0 radical (unpaired) electrons. The monoisotopic (exact) mass is 354 g/mol. The first-order chi connectivity index (χ1) is 10.5. The molecule has 3 aromatic rings. The van der Waals surface area contributed by atoms with E-state index in [9.17, 15) is 8.42 Å². The summed E-state index contributed by atoms with van der Waals surface area (Å²) >= 11 is 2.69. The number of sulfonamides is 1. The lowest BCUT2D eigenvalue weighted by Gasteiger charge is -2.02. The van der Waals surface area contributed by atoms with E-state index in [4.69, 9.17) is 4.52 Å². The van der Waals surface area contributed by atoms with Crippen molar-refractivity contribution >= 4 is 32.7 Å². The number of hydrogen-bond donors (Lipinski definition) is 1. The van der Waals surface area contributed by atoms with Gasteiger partial charge in [-0.15, -0.1) is 22.7 Å². The molecule has 0 unspecified atom stereocenters. The fraction of sp³-hybridized carbons (Fsp3) is 0.214. The molecule has 5 nitrogen and oxygen atoms in total. The molecule has 0 aliphatic carbocycles. The minimum Gasteiger partial charge on any atom is -0.356 e. The van der Waals surface area contributed by atoms with Gasteiger partial charge in [-0.1, -0.05) is 11.2 Å². The smallest absolute Gasteiger partial charge is 0.250 e. The lowest BCUT2D eigenvalue weighted by atomic mass is 10.1. The van der Waals surface area contributed by atoms with E-state index in [1.165, 1.54) is 22.7 Å². The molecule has 0 fully saturated rings. The molecule has 3 aromatic heterocycles. The second-order valence-corrected chi connectivity index (χ2v) is 8.72. The Hall–Kier alpha value is -1.48. The van der Waals surface area contributed by atoms with Crippen molar-refractivity contribution in [1.29, 1.82) is 0 Å². The molecule has 0 aliphatic rings. The van der Waals surface area contributed by atoms with Gasteiger partial charge in [-0.2, -0.15) is 0 Å². The zero-order chi connectivity index (χ0) is 15.7. The Morgan fingerprint density at radius 2 is 2.14 bits per heavy atom. The maximum absolute atomic E-state index is 12.3. The first-order valence-electron chi connectivity index (χ1n) is 6.51. The van der Waals surface area contributed by atoms with Crippen LogP contribution in [0.3, 0.4) is 0 Å². The van der Waals surface area contributed by atoms with Crippen molar-refractivity contribution in [3.63, 3.8) is 0 Å². The van der Waals surface area contributed by atoms with E-state index in [-0.39, 0.29) is 4.21 Å². The molecule has 3 heterocycles. The summed E-state index contributed by atoms with van der Waals surface area (Å²) in [4.78, 5) is 0.974. The largest absolute Gasteiger partial charge is 0.356 e. The molecular formula is C14H14N2O3S3.